The van der Waals surface area contributed by atoms with Crippen LogP contribution in [0, 0.1) is 0 Å². The first kappa shape index (κ1) is 21.7. The van der Waals surface area contributed by atoms with Crippen molar-refractivity contribution in [1.29, 1.82) is 0 Å². The number of carbonyl (C=O) groups is 1. The molecule has 0 bridgehead atoms. The van der Waals surface area contributed by atoms with Gasteiger partial charge in [0.25, 0.3) is 5.91 Å². The molecule has 30 heavy (non-hydrogen) atoms. The van der Waals surface area contributed by atoms with E-state index in [4.69, 9.17) is 0 Å². The standard InChI is InChI=1S/C22H26N4O3S/c1-4-17-9-7-8-10-20(17)24-22(27)21-15-25(16-23-21)18-11-13-19(14-12-18)30(28,29)26(5-2)6-3/h7-16H,4-6H2,1-3H3,(H,24,27). The molecule has 0 aliphatic heterocycles. The van der Waals surface area contributed by atoms with E-state index in [0.717, 1.165) is 17.7 Å². The lowest BCUT2D eigenvalue weighted by atomic mass is 10.1. The minimum absolute atomic E-state index is 0.240. The molecule has 1 heterocycles. The van der Waals surface area contributed by atoms with E-state index in [9.17, 15) is 13.2 Å². The molecule has 0 saturated carbocycles. The molecule has 3 rings (SSSR count). The van der Waals surface area contributed by atoms with Gasteiger partial charge >= 0.3 is 0 Å². The number of rotatable bonds is 8. The van der Waals surface area contributed by atoms with Crippen LogP contribution < -0.4 is 5.32 Å². The van der Waals surface area contributed by atoms with Crippen LogP contribution in [-0.4, -0.2) is 41.3 Å². The highest BCUT2D eigenvalue weighted by Gasteiger charge is 2.21. The lowest BCUT2D eigenvalue weighted by molar-refractivity contribution is 0.102. The molecule has 1 aromatic heterocycles. The molecule has 158 valence electrons. The molecule has 0 atom stereocenters. The predicted molar refractivity (Wildman–Crippen MR) is 117 cm³/mol. The zero-order chi connectivity index (χ0) is 21.7. The molecular formula is C22H26N4O3S. The number of amides is 1. The molecule has 2 aromatic carbocycles. The maximum absolute atomic E-state index is 12.6. The zero-order valence-corrected chi connectivity index (χ0v) is 18.2. The van der Waals surface area contributed by atoms with Crippen molar-refractivity contribution in [3.8, 4) is 5.69 Å². The van der Waals surface area contributed by atoms with Gasteiger partial charge in [0.1, 0.15) is 12.0 Å². The summed E-state index contributed by atoms with van der Waals surface area (Å²) in [5, 5.41) is 2.90. The molecule has 0 radical (unpaired) electrons. The van der Waals surface area contributed by atoms with Gasteiger partial charge in [-0.15, -0.1) is 0 Å². The van der Waals surface area contributed by atoms with Gasteiger partial charge in [0.05, 0.1) is 4.90 Å². The van der Waals surface area contributed by atoms with Gasteiger partial charge in [-0.25, -0.2) is 13.4 Å². The fourth-order valence-electron chi connectivity index (χ4n) is 3.22. The SMILES string of the molecule is CCc1ccccc1NC(=O)c1cn(-c2ccc(S(=O)(=O)N(CC)CC)cc2)cn1. The average Bonchev–Trinajstić information content (AvgIpc) is 3.25. The molecule has 0 aliphatic carbocycles. The van der Waals surface area contributed by atoms with Crippen molar-refractivity contribution in [2.45, 2.75) is 32.1 Å². The van der Waals surface area contributed by atoms with E-state index in [-0.39, 0.29) is 16.5 Å². The first-order valence-electron chi connectivity index (χ1n) is 9.94. The van der Waals surface area contributed by atoms with E-state index < -0.39 is 10.0 Å². The average molecular weight is 427 g/mol. The van der Waals surface area contributed by atoms with Crippen molar-refractivity contribution in [2.75, 3.05) is 18.4 Å². The Morgan fingerprint density at radius 1 is 1.03 bits per heavy atom. The van der Waals surface area contributed by atoms with Crippen molar-refractivity contribution < 1.29 is 13.2 Å². The third kappa shape index (κ3) is 4.44. The summed E-state index contributed by atoms with van der Waals surface area (Å²) in [5.74, 6) is -0.296. The lowest BCUT2D eigenvalue weighted by Crippen LogP contribution is -2.30. The molecule has 1 N–H and O–H groups in total. The van der Waals surface area contributed by atoms with Crippen molar-refractivity contribution >= 4 is 21.6 Å². The normalized spacial score (nSPS) is 11.6. The predicted octanol–water partition coefficient (Wildman–Crippen LogP) is 3.72. The molecule has 7 nitrogen and oxygen atoms in total. The Bertz CT molecular complexity index is 1120. The highest BCUT2D eigenvalue weighted by molar-refractivity contribution is 7.89. The van der Waals surface area contributed by atoms with Gasteiger partial charge in [0.15, 0.2) is 0 Å². The first-order chi connectivity index (χ1) is 14.4. The van der Waals surface area contributed by atoms with E-state index in [1.54, 1.807) is 35.0 Å². The summed E-state index contributed by atoms with van der Waals surface area (Å²) < 4.78 is 28.3. The van der Waals surface area contributed by atoms with Crippen LogP contribution in [0.15, 0.2) is 66.0 Å². The third-order valence-electron chi connectivity index (χ3n) is 4.94. The summed E-state index contributed by atoms with van der Waals surface area (Å²) in [7, 11) is -3.51. The van der Waals surface area contributed by atoms with Crippen LogP contribution in [0.3, 0.4) is 0 Å². The number of para-hydroxylation sites is 1. The van der Waals surface area contributed by atoms with Gasteiger partial charge in [-0.05, 0) is 42.3 Å². The first-order valence-corrected chi connectivity index (χ1v) is 11.4. The largest absolute Gasteiger partial charge is 0.320 e. The van der Waals surface area contributed by atoms with E-state index in [0.29, 0.717) is 18.8 Å². The summed E-state index contributed by atoms with van der Waals surface area (Å²) in [6.45, 7) is 6.49. The maximum Gasteiger partial charge on any atom is 0.275 e. The van der Waals surface area contributed by atoms with Crippen LogP contribution in [0.25, 0.3) is 5.69 Å². The van der Waals surface area contributed by atoms with Crippen LogP contribution in [-0.2, 0) is 16.4 Å². The van der Waals surface area contributed by atoms with Crippen LogP contribution in [0.2, 0.25) is 0 Å². The minimum atomic E-state index is -3.51. The number of aryl methyl sites for hydroxylation is 1. The summed E-state index contributed by atoms with van der Waals surface area (Å²) in [4.78, 5) is 17.0. The third-order valence-corrected chi connectivity index (χ3v) is 7.00. The van der Waals surface area contributed by atoms with Gasteiger partial charge in [-0.3, -0.25) is 4.79 Å². The zero-order valence-electron chi connectivity index (χ0n) is 17.4. The monoisotopic (exact) mass is 426 g/mol. The summed E-state index contributed by atoms with van der Waals surface area (Å²) in [6, 6.07) is 14.2. The fraction of sp³-hybridized carbons (Fsp3) is 0.273. The smallest absolute Gasteiger partial charge is 0.275 e. The highest BCUT2D eigenvalue weighted by Crippen LogP contribution is 2.19. The van der Waals surface area contributed by atoms with Gasteiger partial charge in [-0.2, -0.15) is 4.31 Å². The number of carbonyl (C=O) groups excluding carboxylic acids is 1. The number of aromatic nitrogens is 2. The number of nitrogens with zero attached hydrogens (tertiary/aromatic N) is 3. The van der Waals surface area contributed by atoms with Gasteiger partial charge < -0.3 is 9.88 Å². The van der Waals surface area contributed by atoms with Crippen LogP contribution in [0.5, 0.6) is 0 Å². The molecule has 0 saturated heterocycles. The van der Waals surface area contributed by atoms with Gasteiger partial charge in [0, 0.05) is 30.7 Å². The fourth-order valence-corrected chi connectivity index (χ4v) is 4.68. The summed E-state index contributed by atoms with van der Waals surface area (Å²) in [6.07, 6.45) is 3.97. The lowest BCUT2D eigenvalue weighted by Gasteiger charge is -2.18. The van der Waals surface area contributed by atoms with Gasteiger partial charge in [-0.1, -0.05) is 39.0 Å². The number of imidazole rings is 1. The number of nitrogens with one attached hydrogen (secondary N) is 1. The number of hydrogen-bond donors (Lipinski definition) is 1. The van der Waals surface area contributed by atoms with E-state index >= 15 is 0 Å². The molecule has 0 fully saturated rings. The number of benzene rings is 2. The van der Waals surface area contributed by atoms with Crippen molar-refractivity contribution in [3.05, 3.63) is 72.3 Å². The van der Waals surface area contributed by atoms with Crippen molar-refractivity contribution in [3.63, 3.8) is 0 Å². The van der Waals surface area contributed by atoms with Gasteiger partial charge in [0.2, 0.25) is 10.0 Å². The van der Waals surface area contributed by atoms with Crippen LogP contribution in [0.4, 0.5) is 5.69 Å². The Hall–Kier alpha value is -2.97. The maximum atomic E-state index is 12.6. The van der Waals surface area contributed by atoms with Crippen molar-refractivity contribution in [1.82, 2.24) is 13.9 Å². The van der Waals surface area contributed by atoms with Crippen LogP contribution >= 0.6 is 0 Å². The molecule has 3 aromatic rings. The second kappa shape index (κ2) is 9.23. The molecule has 0 unspecified atom stereocenters. The van der Waals surface area contributed by atoms with Crippen LogP contribution in [0.1, 0.15) is 36.8 Å². The molecule has 1 amide bonds. The Morgan fingerprint density at radius 3 is 2.33 bits per heavy atom. The Labute approximate surface area is 177 Å². The van der Waals surface area contributed by atoms with E-state index in [2.05, 4.69) is 10.3 Å². The minimum Gasteiger partial charge on any atom is -0.320 e. The molecular weight excluding hydrogens is 400 g/mol. The summed E-state index contributed by atoms with van der Waals surface area (Å²) in [5.41, 5.74) is 2.82. The molecule has 0 spiro atoms. The number of hydrogen-bond acceptors (Lipinski definition) is 4. The Kier molecular flexibility index (Phi) is 6.69. The highest BCUT2D eigenvalue weighted by atomic mass is 32.2. The summed E-state index contributed by atoms with van der Waals surface area (Å²) >= 11 is 0. The Balaban J connectivity index is 1.78. The topological polar surface area (TPSA) is 84.3 Å². The molecule has 8 heteroatoms. The number of sulfonamides is 1. The van der Waals surface area contributed by atoms with E-state index in [1.807, 2.05) is 45.0 Å². The van der Waals surface area contributed by atoms with E-state index in [1.165, 1.54) is 10.6 Å². The Morgan fingerprint density at radius 2 is 1.70 bits per heavy atom. The van der Waals surface area contributed by atoms with Crippen molar-refractivity contribution in [2.24, 2.45) is 0 Å². The second-order valence-corrected chi connectivity index (χ2v) is 8.65. The number of anilines is 1. The quantitative estimate of drug-likeness (QED) is 0.595. The second-order valence-electron chi connectivity index (χ2n) is 6.71. The molecule has 0 aliphatic rings.